The van der Waals surface area contributed by atoms with Gasteiger partial charge in [0.1, 0.15) is 4.99 Å². The largest absolute Gasteiger partial charge is 0.395 e. The maximum absolute atomic E-state index is 8.95. The molecule has 1 aromatic carbocycles. The SMILES string of the molecule is NC(=S)c1cc(Cl)ccc1N1CCN(CCO)CC1. The number of benzene rings is 1. The molecule has 2 rings (SSSR count). The van der Waals surface area contributed by atoms with Gasteiger partial charge in [-0.15, -0.1) is 0 Å². The lowest BCUT2D eigenvalue weighted by Crippen LogP contribution is -2.47. The molecule has 0 aromatic heterocycles. The summed E-state index contributed by atoms with van der Waals surface area (Å²) in [4.78, 5) is 4.88. The molecule has 0 spiro atoms. The summed E-state index contributed by atoms with van der Waals surface area (Å²) >= 11 is 11.1. The molecular formula is C13H18ClN3OS. The first kappa shape index (κ1) is 14.5. The number of halogens is 1. The molecule has 1 aliphatic rings. The monoisotopic (exact) mass is 299 g/mol. The van der Waals surface area contributed by atoms with Crippen molar-refractivity contribution in [3.8, 4) is 0 Å². The van der Waals surface area contributed by atoms with E-state index in [9.17, 15) is 0 Å². The molecule has 104 valence electrons. The fourth-order valence-electron chi connectivity index (χ4n) is 2.34. The Kier molecular flexibility index (Phi) is 4.99. The van der Waals surface area contributed by atoms with Crippen molar-refractivity contribution in [1.82, 2.24) is 4.90 Å². The van der Waals surface area contributed by atoms with Crippen LogP contribution in [0.4, 0.5) is 5.69 Å². The van der Waals surface area contributed by atoms with Crippen molar-refractivity contribution < 1.29 is 5.11 Å². The summed E-state index contributed by atoms with van der Waals surface area (Å²) < 4.78 is 0. The lowest BCUT2D eigenvalue weighted by Gasteiger charge is -2.36. The Labute approximate surface area is 123 Å². The van der Waals surface area contributed by atoms with Crippen LogP contribution in [-0.4, -0.2) is 54.3 Å². The van der Waals surface area contributed by atoms with E-state index in [0.29, 0.717) is 10.0 Å². The van der Waals surface area contributed by atoms with Crippen LogP contribution in [-0.2, 0) is 0 Å². The molecular weight excluding hydrogens is 282 g/mol. The smallest absolute Gasteiger partial charge is 0.106 e. The van der Waals surface area contributed by atoms with Crippen LogP contribution >= 0.6 is 23.8 Å². The van der Waals surface area contributed by atoms with Gasteiger partial charge in [0, 0.05) is 49.0 Å². The van der Waals surface area contributed by atoms with Gasteiger partial charge >= 0.3 is 0 Å². The number of nitrogens with zero attached hydrogens (tertiary/aromatic N) is 2. The first-order chi connectivity index (χ1) is 9.11. The van der Waals surface area contributed by atoms with Gasteiger partial charge in [0.05, 0.1) is 6.61 Å². The van der Waals surface area contributed by atoms with Crippen molar-refractivity contribution >= 4 is 34.5 Å². The molecule has 0 unspecified atom stereocenters. The zero-order chi connectivity index (χ0) is 13.8. The summed E-state index contributed by atoms with van der Waals surface area (Å²) in [6.45, 7) is 4.60. The molecule has 1 fully saturated rings. The number of aliphatic hydroxyl groups excluding tert-OH is 1. The Morgan fingerprint density at radius 1 is 1.32 bits per heavy atom. The van der Waals surface area contributed by atoms with E-state index < -0.39 is 0 Å². The highest BCUT2D eigenvalue weighted by atomic mass is 35.5. The van der Waals surface area contributed by atoms with E-state index >= 15 is 0 Å². The van der Waals surface area contributed by atoms with Gasteiger partial charge < -0.3 is 15.7 Å². The second-order valence-corrected chi connectivity index (χ2v) is 5.45. The summed E-state index contributed by atoms with van der Waals surface area (Å²) in [6.07, 6.45) is 0. The van der Waals surface area contributed by atoms with Gasteiger partial charge in [0.2, 0.25) is 0 Å². The third kappa shape index (κ3) is 3.57. The molecule has 6 heteroatoms. The number of thiocarbonyl (C=S) groups is 1. The third-order valence-corrected chi connectivity index (χ3v) is 3.81. The number of β-amino-alcohol motifs (C(OH)–C–C–N with tert-alkyl or cyclic N) is 1. The average molecular weight is 300 g/mol. The normalized spacial score (nSPS) is 16.6. The van der Waals surface area contributed by atoms with Crippen molar-refractivity contribution in [2.45, 2.75) is 0 Å². The van der Waals surface area contributed by atoms with E-state index in [1.165, 1.54) is 0 Å². The number of hydrogen-bond donors (Lipinski definition) is 2. The second-order valence-electron chi connectivity index (χ2n) is 4.58. The number of anilines is 1. The minimum atomic E-state index is 0.207. The standard InChI is InChI=1S/C13H18ClN3OS/c14-10-1-2-12(11(9-10)13(15)19)17-5-3-16(4-6-17)7-8-18/h1-2,9,18H,3-8H2,(H2,15,19). The molecule has 0 bridgehead atoms. The van der Waals surface area contributed by atoms with Crippen molar-refractivity contribution in [2.24, 2.45) is 5.73 Å². The van der Waals surface area contributed by atoms with Gasteiger partial charge in [0.15, 0.2) is 0 Å². The van der Waals surface area contributed by atoms with Crippen molar-refractivity contribution in [3.05, 3.63) is 28.8 Å². The fourth-order valence-corrected chi connectivity index (χ4v) is 2.67. The zero-order valence-corrected chi connectivity index (χ0v) is 12.3. The van der Waals surface area contributed by atoms with E-state index in [0.717, 1.165) is 44.0 Å². The van der Waals surface area contributed by atoms with E-state index in [1.54, 1.807) is 0 Å². The molecule has 0 radical (unpaired) electrons. The van der Waals surface area contributed by atoms with Crippen LogP contribution in [0.15, 0.2) is 18.2 Å². The topological polar surface area (TPSA) is 52.7 Å². The summed E-state index contributed by atoms with van der Waals surface area (Å²) in [6, 6.07) is 5.65. The van der Waals surface area contributed by atoms with Crippen LogP contribution in [0.5, 0.6) is 0 Å². The molecule has 4 nitrogen and oxygen atoms in total. The van der Waals surface area contributed by atoms with Crippen LogP contribution in [0, 0.1) is 0 Å². The number of nitrogens with two attached hydrogens (primary N) is 1. The molecule has 19 heavy (non-hydrogen) atoms. The molecule has 1 saturated heterocycles. The lowest BCUT2D eigenvalue weighted by atomic mass is 10.1. The molecule has 1 aromatic rings. The van der Waals surface area contributed by atoms with Gasteiger partial charge in [-0.3, -0.25) is 4.90 Å². The van der Waals surface area contributed by atoms with Crippen LogP contribution in [0.3, 0.4) is 0 Å². The van der Waals surface area contributed by atoms with Crippen LogP contribution in [0.2, 0.25) is 5.02 Å². The maximum atomic E-state index is 8.95. The van der Waals surface area contributed by atoms with Gasteiger partial charge in [-0.2, -0.15) is 0 Å². The van der Waals surface area contributed by atoms with E-state index in [1.807, 2.05) is 18.2 Å². The highest BCUT2D eigenvalue weighted by Crippen LogP contribution is 2.25. The number of piperazine rings is 1. The molecule has 0 amide bonds. The van der Waals surface area contributed by atoms with E-state index in [-0.39, 0.29) is 6.61 Å². The van der Waals surface area contributed by atoms with Crippen LogP contribution < -0.4 is 10.6 Å². The molecule has 3 N–H and O–H groups in total. The number of aliphatic hydroxyl groups is 1. The van der Waals surface area contributed by atoms with Gasteiger partial charge in [0.25, 0.3) is 0 Å². The minimum Gasteiger partial charge on any atom is -0.395 e. The fraction of sp³-hybridized carbons (Fsp3) is 0.462. The summed E-state index contributed by atoms with van der Waals surface area (Å²) in [5, 5.41) is 9.59. The Hall–Kier alpha value is -0.880. The number of hydrogen-bond acceptors (Lipinski definition) is 4. The van der Waals surface area contributed by atoms with Crippen molar-refractivity contribution in [2.75, 3.05) is 44.2 Å². The Morgan fingerprint density at radius 2 is 2.00 bits per heavy atom. The summed E-state index contributed by atoms with van der Waals surface area (Å²) in [7, 11) is 0. The molecule has 0 saturated carbocycles. The summed E-state index contributed by atoms with van der Waals surface area (Å²) in [5.41, 5.74) is 7.64. The Morgan fingerprint density at radius 3 is 2.58 bits per heavy atom. The van der Waals surface area contributed by atoms with E-state index in [2.05, 4.69) is 9.80 Å². The van der Waals surface area contributed by atoms with Crippen molar-refractivity contribution in [3.63, 3.8) is 0 Å². The van der Waals surface area contributed by atoms with Crippen molar-refractivity contribution in [1.29, 1.82) is 0 Å². The highest BCUT2D eigenvalue weighted by molar-refractivity contribution is 7.80. The second kappa shape index (κ2) is 6.52. The van der Waals surface area contributed by atoms with Gasteiger partial charge in [-0.05, 0) is 18.2 Å². The molecule has 1 heterocycles. The highest BCUT2D eigenvalue weighted by Gasteiger charge is 2.19. The molecule has 1 aliphatic heterocycles. The quantitative estimate of drug-likeness (QED) is 0.815. The minimum absolute atomic E-state index is 0.207. The lowest BCUT2D eigenvalue weighted by molar-refractivity contribution is 0.189. The number of rotatable bonds is 4. The molecule has 0 atom stereocenters. The van der Waals surface area contributed by atoms with Crippen LogP contribution in [0.25, 0.3) is 0 Å². The Balaban J connectivity index is 2.13. The first-order valence-electron chi connectivity index (χ1n) is 6.29. The summed E-state index contributed by atoms with van der Waals surface area (Å²) in [5.74, 6) is 0. The zero-order valence-electron chi connectivity index (χ0n) is 10.7. The van der Waals surface area contributed by atoms with Gasteiger partial charge in [-0.1, -0.05) is 23.8 Å². The average Bonchev–Trinajstić information content (AvgIpc) is 2.40. The Bertz CT molecular complexity index is 461. The third-order valence-electron chi connectivity index (χ3n) is 3.35. The van der Waals surface area contributed by atoms with E-state index in [4.69, 9.17) is 34.7 Å². The maximum Gasteiger partial charge on any atom is 0.106 e. The predicted octanol–water partition coefficient (Wildman–Crippen LogP) is 1.09. The van der Waals surface area contributed by atoms with Crippen LogP contribution in [0.1, 0.15) is 5.56 Å². The van der Waals surface area contributed by atoms with Gasteiger partial charge in [-0.25, -0.2) is 0 Å². The predicted molar refractivity (Wildman–Crippen MR) is 83.1 cm³/mol. The first-order valence-corrected chi connectivity index (χ1v) is 7.08. The molecule has 0 aliphatic carbocycles.